The van der Waals surface area contributed by atoms with Gasteiger partial charge in [0.2, 0.25) is 0 Å². The van der Waals surface area contributed by atoms with E-state index in [1.54, 1.807) is 7.05 Å². The van der Waals surface area contributed by atoms with Crippen LogP contribution in [-0.4, -0.2) is 34.1 Å². The molecule has 0 aliphatic carbocycles. The average molecular weight is 323 g/mol. The summed E-state index contributed by atoms with van der Waals surface area (Å²) in [7, 11) is 1.70. The van der Waals surface area contributed by atoms with Crippen molar-refractivity contribution in [2.45, 2.75) is 13.3 Å². The monoisotopic (exact) mass is 322 g/mol. The summed E-state index contributed by atoms with van der Waals surface area (Å²) in [6, 6.07) is 3.37. The Morgan fingerprint density at radius 3 is 2.77 bits per heavy atom. The molecule has 7 heteroatoms. The molecule has 2 heterocycles. The number of aromatic carboxylic acids is 1. The summed E-state index contributed by atoms with van der Waals surface area (Å²) in [5, 5.41) is 13.6. The van der Waals surface area contributed by atoms with Crippen LogP contribution in [0.5, 0.6) is 11.5 Å². The van der Waals surface area contributed by atoms with E-state index in [1.165, 1.54) is 10.7 Å². The van der Waals surface area contributed by atoms with Gasteiger partial charge in [-0.25, -0.2) is 4.79 Å². The van der Waals surface area contributed by atoms with Crippen molar-refractivity contribution in [3.63, 3.8) is 0 Å². The Kier molecular flexibility index (Phi) is 3.70. The molecule has 0 atom stereocenters. The highest BCUT2D eigenvalue weighted by atomic mass is 35.5. The average Bonchev–Trinajstić information content (AvgIpc) is 2.89. The topological polar surface area (TPSA) is 73.6 Å². The molecule has 116 valence electrons. The lowest BCUT2D eigenvalue weighted by Gasteiger charge is -2.22. The highest BCUT2D eigenvalue weighted by molar-refractivity contribution is 6.33. The van der Waals surface area contributed by atoms with Crippen molar-refractivity contribution in [3.8, 4) is 22.8 Å². The number of carbonyl (C=O) groups is 1. The molecule has 0 radical (unpaired) electrons. The van der Waals surface area contributed by atoms with Gasteiger partial charge in [0.05, 0.1) is 10.7 Å². The maximum atomic E-state index is 11.1. The van der Waals surface area contributed by atoms with E-state index in [4.69, 9.17) is 26.2 Å². The van der Waals surface area contributed by atoms with E-state index in [0.29, 0.717) is 41.9 Å². The Balaban J connectivity index is 2.22. The first-order chi connectivity index (χ1) is 10.5. The number of rotatable bonds is 3. The second-order valence-electron chi connectivity index (χ2n) is 4.94. The molecule has 0 amide bonds. The Hall–Kier alpha value is -2.21. The maximum Gasteiger partial charge on any atom is 0.356 e. The third kappa shape index (κ3) is 2.29. The van der Waals surface area contributed by atoms with Gasteiger partial charge in [-0.2, -0.15) is 5.10 Å². The van der Waals surface area contributed by atoms with E-state index in [1.807, 2.05) is 13.0 Å². The minimum absolute atomic E-state index is 0.00874. The van der Waals surface area contributed by atoms with E-state index in [9.17, 15) is 4.79 Å². The van der Waals surface area contributed by atoms with Crippen molar-refractivity contribution < 1.29 is 19.4 Å². The standard InChI is InChI=1S/C15H15ClN2O4/c1-3-8-9(11-7-10(15(19)20)17-18(11)2)6-12-14(13(8)16)22-5-4-21-12/h6-7H,3-5H2,1-2H3,(H,19,20). The summed E-state index contributed by atoms with van der Waals surface area (Å²) in [6.07, 6.45) is 0.679. The van der Waals surface area contributed by atoms with Gasteiger partial charge < -0.3 is 14.6 Å². The number of carboxylic acids is 1. The molecule has 6 nitrogen and oxygen atoms in total. The van der Waals surface area contributed by atoms with Gasteiger partial charge in [-0.3, -0.25) is 4.68 Å². The molecule has 1 N–H and O–H groups in total. The first-order valence-electron chi connectivity index (χ1n) is 6.91. The third-order valence-corrected chi connectivity index (χ3v) is 4.00. The van der Waals surface area contributed by atoms with Gasteiger partial charge in [0.15, 0.2) is 17.2 Å². The smallest absolute Gasteiger partial charge is 0.356 e. The van der Waals surface area contributed by atoms with Gasteiger partial charge in [-0.1, -0.05) is 18.5 Å². The molecule has 0 spiro atoms. The lowest BCUT2D eigenvalue weighted by Crippen LogP contribution is -2.16. The Labute approximate surface area is 132 Å². The van der Waals surface area contributed by atoms with Crippen LogP contribution < -0.4 is 9.47 Å². The van der Waals surface area contributed by atoms with Gasteiger partial charge in [0.25, 0.3) is 0 Å². The van der Waals surface area contributed by atoms with Crippen LogP contribution in [0.4, 0.5) is 0 Å². The highest BCUT2D eigenvalue weighted by Crippen LogP contribution is 2.44. The molecule has 0 saturated carbocycles. The number of ether oxygens (including phenoxy) is 2. The number of nitrogens with zero attached hydrogens (tertiary/aromatic N) is 2. The van der Waals surface area contributed by atoms with Gasteiger partial charge in [-0.15, -0.1) is 0 Å². The third-order valence-electron chi connectivity index (χ3n) is 3.60. The quantitative estimate of drug-likeness (QED) is 0.940. The predicted molar refractivity (Wildman–Crippen MR) is 81.0 cm³/mol. The fourth-order valence-electron chi connectivity index (χ4n) is 2.58. The molecule has 0 saturated heterocycles. The number of aromatic nitrogens is 2. The number of aryl methyl sites for hydroxylation is 1. The zero-order valence-electron chi connectivity index (χ0n) is 12.2. The van der Waals surface area contributed by atoms with Gasteiger partial charge in [0.1, 0.15) is 13.2 Å². The zero-order chi connectivity index (χ0) is 15.9. The molecule has 0 unspecified atom stereocenters. The number of hydrogen-bond donors (Lipinski definition) is 1. The molecule has 1 aromatic heterocycles. The molecule has 3 rings (SSSR count). The number of carboxylic acid groups (broad SMARTS) is 1. The Morgan fingerprint density at radius 2 is 2.14 bits per heavy atom. The molecule has 2 aromatic rings. The predicted octanol–water partition coefficient (Wildman–Crippen LogP) is 2.77. The number of benzene rings is 1. The SMILES string of the molecule is CCc1c(-c2cc(C(=O)O)nn2C)cc2c(c1Cl)OCCO2. The van der Waals surface area contributed by atoms with Crippen LogP contribution in [-0.2, 0) is 13.5 Å². The van der Waals surface area contributed by atoms with Crippen LogP contribution in [0.15, 0.2) is 12.1 Å². The first-order valence-corrected chi connectivity index (χ1v) is 7.29. The van der Waals surface area contributed by atoms with Gasteiger partial charge >= 0.3 is 5.97 Å². The van der Waals surface area contributed by atoms with Crippen molar-refractivity contribution in [3.05, 3.63) is 28.4 Å². The highest BCUT2D eigenvalue weighted by Gasteiger charge is 2.24. The van der Waals surface area contributed by atoms with Crippen LogP contribution in [0, 0.1) is 0 Å². The van der Waals surface area contributed by atoms with E-state index < -0.39 is 5.97 Å². The molecular formula is C15H15ClN2O4. The molecule has 1 aromatic carbocycles. The van der Waals surface area contributed by atoms with Crippen molar-refractivity contribution in [1.29, 1.82) is 0 Å². The second kappa shape index (κ2) is 5.53. The van der Waals surface area contributed by atoms with Gasteiger partial charge in [-0.05, 0) is 24.1 Å². The van der Waals surface area contributed by atoms with Gasteiger partial charge in [0, 0.05) is 12.6 Å². The number of hydrogen-bond acceptors (Lipinski definition) is 4. The van der Waals surface area contributed by atoms with Crippen LogP contribution in [0.25, 0.3) is 11.3 Å². The molecule has 1 aliphatic rings. The molecule has 0 bridgehead atoms. The normalized spacial score (nSPS) is 13.2. The van der Waals surface area contributed by atoms with Crippen LogP contribution in [0.1, 0.15) is 23.0 Å². The first kappa shape index (κ1) is 14.7. The minimum atomic E-state index is -1.07. The van der Waals surface area contributed by atoms with Crippen LogP contribution in [0.3, 0.4) is 0 Å². The number of fused-ring (bicyclic) bond motifs is 1. The summed E-state index contributed by atoms with van der Waals surface area (Å²) >= 11 is 6.45. The Bertz CT molecular complexity index is 754. The Morgan fingerprint density at radius 1 is 1.41 bits per heavy atom. The molecule has 0 fully saturated rings. The second-order valence-corrected chi connectivity index (χ2v) is 5.32. The zero-order valence-corrected chi connectivity index (χ0v) is 13.0. The summed E-state index contributed by atoms with van der Waals surface area (Å²) in [4.78, 5) is 11.1. The summed E-state index contributed by atoms with van der Waals surface area (Å²) < 4.78 is 12.7. The van der Waals surface area contributed by atoms with E-state index in [0.717, 1.165) is 11.1 Å². The molecular weight excluding hydrogens is 308 g/mol. The fourth-order valence-corrected chi connectivity index (χ4v) is 2.97. The summed E-state index contributed by atoms with van der Waals surface area (Å²) in [6.45, 7) is 2.90. The molecule has 22 heavy (non-hydrogen) atoms. The fraction of sp³-hybridized carbons (Fsp3) is 0.333. The number of halogens is 1. The van der Waals surface area contributed by atoms with E-state index >= 15 is 0 Å². The van der Waals surface area contributed by atoms with E-state index in [-0.39, 0.29) is 5.69 Å². The largest absolute Gasteiger partial charge is 0.486 e. The summed E-state index contributed by atoms with van der Waals surface area (Å²) in [5.74, 6) is 0.0548. The van der Waals surface area contributed by atoms with E-state index in [2.05, 4.69) is 5.10 Å². The van der Waals surface area contributed by atoms with Crippen molar-refractivity contribution in [2.24, 2.45) is 7.05 Å². The maximum absolute atomic E-state index is 11.1. The lowest BCUT2D eigenvalue weighted by atomic mass is 10.0. The minimum Gasteiger partial charge on any atom is -0.486 e. The van der Waals surface area contributed by atoms with Crippen molar-refractivity contribution >= 4 is 17.6 Å². The van der Waals surface area contributed by atoms with Crippen molar-refractivity contribution in [1.82, 2.24) is 9.78 Å². The van der Waals surface area contributed by atoms with Crippen molar-refractivity contribution in [2.75, 3.05) is 13.2 Å². The van der Waals surface area contributed by atoms with Crippen LogP contribution in [0.2, 0.25) is 5.02 Å². The molecule has 1 aliphatic heterocycles. The van der Waals surface area contributed by atoms with Crippen LogP contribution >= 0.6 is 11.6 Å². The summed E-state index contributed by atoms with van der Waals surface area (Å²) in [5.41, 5.74) is 2.35. The lowest BCUT2D eigenvalue weighted by molar-refractivity contribution is 0.0689.